The minimum Gasteiger partial charge on any atom is -0.504 e. The highest BCUT2D eigenvalue weighted by Gasteiger charge is 2.23. The van der Waals surface area contributed by atoms with Crippen LogP contribution in [0.15, 0.2) is 47.3 Å². The number of aromatic amines is 1. The number of aromatic nitrogens is 1. The van der Waals surface area contributed by atoms with Crippen LogP contribution in [0.25, 0.3) is 0 Å². The Morgan fingerprint density at radius 1 is 1.08 bits per heavy atom. The number of hydrogen-bond acceptors (Lipinski definition) is 6. The lowest BCUT2D eigenvalue weighted by atomic mass is 10.0. The lowest BCUT2D eigenvalue weighted by molar-refractivity contribution is -0.137. The summed E-state index contributed by atoms with van der Waals surface area (Å²) in [5, 5.41) is 24.9. The normalized spacial score (nSPS) is 11.5. The number of pyridine rings is 1. The van der Waals surface area contributed by atoms with Crippen LogP contribution in [0.2, 0.25) is 10.0 Å². The second-order valence-corrected chi connectivity index (χ2v) is 8.84. The number of aliphatic carboxylic acids is 1. The van der Waals surface area contributed by atoms with E-state index in [0.29, 0.717) is 40.9 Å². The maximum Gasteiger partial charge on any atom is 0.319 e. The van der Waals surface area contributed by atoms with Gasteiger partial charge >= 0.3 is 12.0 Å². The Morgan fingerprint density at radius 2 is 1.79 bits per heavy atom. The summed E-state index contributed by atoms with van der Waals surface area (Å²) in [6.07, 6.45) is -0.398. The van der Waals surface area contributed by atoms with Crippen molar-refractivity contribution in [3.05, 3.63) is 79.7 Å². The van der Waals surface area contributed by atoms with E-state index in [0.717, 1.165) is 0 Å². The number of anilines is 1. The second kappa shape index (κ2) is 13.1. The molecule has 2 aromatic carbocycles. The van der Waals surface area contributed by atoms with Gasteiger partial charge in [-0.25, -0.2) is 4.79 Å². The molecule has 0 aliphatic heterocycles. The van der Waals surface area contributed by atoms with Crippen LogP contribution in [-0.4, -0.2) is 40.4 Å². The molecule has 38 heavy (non-hydrogen) atoms. The molecule has 0 saturated heterocycles. The molecule has 2 amide bonds. The number of halogens is 2. The average Bonchev–Trinajstić information content (AvgIpc) is 2.87. The third kappa shape index (κ3) is 7.11. The average molecular weight is 564 g/mol. The zero-order valence-corrected chi connectivity index (χ0v) is 22.2. The van der Waals surface area contributed by atoms with E-state index in [-0.39, 0.29) is 17.1 Å². The van der Waals surface area contributed by atoms with E-state index in [1.807, 2.05) is 6.92 Å². The van der Waals surface area contributed by atoms with Crippen LogP contribution in [0.3, 0.4) is 0 Å². The van der Waals surface area contributed by atoms with Crippen molar-refractivity contribution in [2.24, 2.45) is 0 Å². The van der Waals surface area contributed by atoms with E-state index in [1.54, 1.807) is 49.4 Å². The number of H-pyrrole nitrogens is 1. The molecular formula is C26H27Cl2N3O7. The number of ether oxygens (including phenoxy) is 2. The number of nitrogens with one attached hydrogen (secondary N) is 3. The highest BCUT2D eigenvalue weighted by molar-refractivity contribution is 6.33. The molecule has 0 fully saturated rings. The first kappa shape index (κ1) is 28.7. The monoisotopic (exact) mass is 563 g/mol. The van der Waals surface area contributed by atoms with Gasteiger partial charge < -0.3 is 35.3 Å². The number of benzene rings is 2. The molecule has 0 radical (unpaired) electrons. The first-order chi connectivity index (χ1) is 18.1. The number of urea groups is 1. The quantitative estimate of drug-likeness (QED) is 0.217. The van der Waals surface area contributed by atoms with Gasteiger partial charge in [-0.05, 0) is 43.7 Å². The Balaban J connectivity index is 1.85. The van der Waals surface area contributed by atoms with E-state index >= 15 is 0 Å². The fourth-order valence-electron chi connectivity index (χ4n) is 3.75. The maximum absolute atomic E-state index is 12.8. The topological polar surface area (TPSA) is 150 Å². The predicted molar refractivity (Wildman–Crippen MR) is 144 cm³/mol. The van der Waals surface area contributed by atoms with Gasteiger partial charge in [0, 0.05) is 22.7 Å². The van der Waals surface area contributed by atoms with Crippen LogP contribution in [0.1, 0.15) is 43.1 Å². The predicted octanol–water partition coefficient (Wildman–Crippen LogP) is 5.11. The molecule has 0 aliphatic carbocycles. The molecule has 202 valence electrons. The maximum atomic E-state index is 12.8. The molecular weight excluding hydrogens is 537 g/mol. The first-order valence-corrected chi connectivity index (χ1v) is 12.5. The molecule has 0 spiro atoms. The van der Waals surface area contributed by atoms with Crippen LogP contribution in [0, 0.1) is 0 Å². The van der Waals surface area contributed by atoms with Gasteiger partial charge in [-0.3, -0.25) is 9.59 Å². The molecule has 10 nitrogen and oxygen atoms in total. The molecule has 3 aromatic rings. The third-order valence-corrected chi connectivity index (χ3v) is 6.19. The van der Waals surface area contributed by atoms with Crippen molar-refractivity contribution >= 4 is 40.9 Å². The van der Waals surface area contributed by atoms with Crippen LogP contribution in [0.5, 0.6) is 17.2 Å². The Labute approximate surface area is 228 Å². The van der Waals surface area contributed by atoms with Crippen LogP contribution >= 0.6 is 23.2 Å². The summed E-state index contributed by atoms with van der Waals surface area (Å²) in [4.78, 5) is 39.5. The number of aromatic hydroxyl groups is 1. The van der Waals surface area contributed by atoms with Gasteiger partial charge in [0.15, 0.2) is 11.4 Å². The summed E-state index contributed by atoms with van der Waals surface area (Å²) in [6.45, 7) is 4.41. The highest BCUT2D eigenvalue weighted by atomic mass is 35.5. The van der Waals surface area contributed by atoms with Crippen LogP contribution < -0.4 is 25.7 Å². The van der Waals surface area contributed by atoms with Gasteiger partial charge in [0.1, 0.15) is 16.5 Å². The van der Waals surface area contributed by atoms with Gasteiger partial charge in [0.05, 0.1) is 25.7 Å². The molecule has 12 heteroatoms. The largest absolute Gasteiger partial charge is 0.504 e. The van der Waals surface area contributed by atoms with E-state index in [4.69, 9.17) is 32.7 Å². The van der Waals surface area contributed by atoms with E-state index in [2.05, 4.69) is 15.6 Å². The minimum atomic E-state index is -1.16. The lowest BCUT2D eigenvalue weighted by Gasteiger charge is -2.19. The summed E-state index contributed by atoms with van der Waals surface area (Å²) in [5.74, 6) is -0.809. The summed E-state index contributed by atoms with van der Waals surface area (Å²) in [7, 11) is 0. The van der Waals surface area contributed by atoms with Crippen molar-refractivity contribution in [3.63, 3.8) is 0 Å². The summed E-state index contributed by atoms with van der Waals surface area (Å²) >= 11 is 12.7. The van der Waals surface area contributed by atoms with Gasteiger partial charge in [-0.15, -0.1) is 0 Å². The van der Waals surface area contributed by atoms with Crippen molar-refractivity contribution in [1.82, 2.24) is 10.3 Å². The smallest absolute Gasteiger partial charge is 0.319 e. The van der Waals surface area contributed by atoms with Crippen LogP contribution in [-0.2, 0) is 11.2 Å². The molecule has 0 unspecified atom stereocenters. The first-order valence-electron chi connectivity index (χ1n) is 11.7. The Kier molecular flexibility index (Phi) is 9.86. The van der Waals surface area contributed by atoms with E-state index in [1.165, 1.54) is 0 Å². The van der Waals surface area contributed by atoms with Crippen LogP contribution in [0.4, 0.5) is 10.5 Å². The van der Waals surface area contributed by atoms with Crippen molar-refractivity contribution in [2.45, 2.75) is 32.7 Å². The number of carboxylic acid groups (broad SMARTS) is 1. The standard InChI is InChI=1S/C26H27Cl2N3O7/c1-3-37-15-8-5-7-14(11-15)18(13-21(32)33)30-26(36)31-23-24(34)22(28)19(29-25(23)35)12-16-17(27)9-6-10-20(16)38-4-2/h5-11,18H,3-4,12-13H2,1-2H3,(H,32,33)(H2,29,34,35)(H2,30,31,36)/t18-/m0/s1. The molecule has 0 aliphatic rings. The van der Waals surface area contributed by atoms with E-state index < -0.39 is 41.5 Å². The number of carbonyl (C=O) groups is 2. The molecule has 1 aromatic heterocycles. The van der Waals surface area contributed by atoms with Gasteiger partial charge in [0.25, 0.3) is 5.56 Å². The summed E-state index contributed by atoms with van der Waals surface area (Å²) in [5.41, 5.74) is -0.138. The zero-order valence-electron chi connectivity index (χ0n) is 20.6. The molecule has 1 heterocycles. The fraction of sp³-hybridized carbons (Fsp3) is 0.269. The number of hydrogen-bond donors (Lipinski definition) is 5. The Hall–Kier alpha value is -3.89. The number of amides is 2. The zero-order chi connectivity index (χ0) is 27.8. The lowest BCUT2D eigenvalue weighted by Crippen LogP contribution is -2.35. The van der Waals surface area contributed by atoms with Gasteiger partial charge in [0.2, 0.25) is 0 Å². The third-order valence-electron chi connectivity index (χ3n) is 5.42. The number of carboxylic acids is 1. The summed E-state index contributed by atoms with van der Waals surface area (Å²) in [6, 6.07) is 9.82. The van der Waals surface area contributed by atoms with Crippen molar-refractivity contribution in [3.8, 4) is 17.2 Å². The SMILES string of the molecule is CCOc1cccc([C@H](CC(=O)O)NC(=O)Nc2c(O)c(Cl)c(Cc3c(Cl)cccc3OCC)[nH]c2=O)c1. The Morgan fingerprint density at radius 3 is 2.47 bits per heavy atom. The molecule has 0 saturated carbocycles. The highest BCUT2D eigenvalue weighted by Crippen LogP contribution is 2.35. The Bertz CT molecular complexity index is 1380. The molecule has 5 N–H and O–H groups in total. The van der Waals surface area contributed by atoms with Gasteiger partial charge in [-0.2, -0.15) is 0 Å². The number of carbonyl (C=O) groups excluding carboxylic acids is 1. The minimum absolute atomic E-state index is 0.0416. The second-order valence-electron chi connectivity index (χ2n) is 8.05. The van der Waals surface area contributed by atoms with Crippen molar-refractivity contribution < 1.29 is 29.3 Å². The van der Waals surface area contributed by atoms with E-state index in [9.17, 15) is 24.6 Å². The number of rotatable bonds is 11. The van der Waals surface area contributed by atoms with Crippen molar-refractivity contribution in [2.75, 3.05) is 18.5 Å². The molecule has 1 atom stereocenters. The van der Waals surface area contributed by atoms with Crippen molar-refractivity contribution in [1.29, 1.82) is 0 Å². The van der Waals surface area contributed by atoms with Gasteiger partial charge in [-0.1, -0.05) is 41.4 Å². The molecule has 3 rings (SSSR count). The fourth-order valence-corrected chi connectivity index (χ4v) is 4.19. The summed E-state index contributed by atoms with van der Waals surface area (Å²) < 4.78 is 11.0. The molecule has 0 bridgehead atoms.